The number of nitrogens with zero attached hydrogens (tertiary/aromatic N) is 1. The van der Waals surface area contributed by atoms with Gasteiger partial charge >= 0.3 is 0 Å². The molecule has 42 heavy (non-hydrogen) atoms. The largest absolute Gasteiger partial charge is 0.382 e. The summed E-state index contributed by atoms with van der Waals surface area (Å²) in [6.45, 7) is 1.25. The highest BCUT2D eigenvalue weighted by Crippen LogP contribution is 2.30. The van der Waals surface area contributed by atoms with Gasteiger partial charge in [0.1, 0.15) is 11.9 Å². The van der Waals surface area contributed by atoms with E-state index in [9.17, 15) is 18.3 Å². The van der Waals surface area contributed by atoms with Gasteiger partial charge in [0.05, 0.1) is 4.90 Å². The number of piperazine rings is 1. The normalized spacial score (nSPS) is 16.7. The first-order valence-corrected chi connectivity index (χ1v) is 15.4. The number of anilines is 1. The molecule has 218 valence electrons. The van der Waals surface area contributed by atoms with Gasteiger partial charge in [-0.2, -0.15) is 4.31 Å². The number of hydrogen-bond acceptors (Lipinski definition) is 5. The van der Waals surface area contributed by atoms with Gasteiger partial charge in [0.25, 0.3) is 5.91 Å². The van der Waals surface area contributed by atoms with Gasteiger partial charge < -0.3 is 15.7 Å². The molecule has 1 heterocycles. The van der Waals surface area contributed by atoms with Gasteiger partial charge in [-0.05, 0) is 48.2 Å². The van der Waals surface area contributed by atoms with Crippen molar-refractivity contribution in [3.05, 3.63) is 132 Å². The molecule has 4 aromatic carbocycles. The van der Waals surface area contributed by atoms with Gasteiger partial charge in [-0.15, -0.1) is 0 Å². The fourth-order valence-corrected chi connectivity index (χ4v) is 7.19. The molecule has 0 saturated carbocycles. The van der Waals surface area contributed by atoms with Crippen molar-refractivity contribution in [3.63, 3.8) is 0 Å². The number of benzene rings is 4. The molecule has 1 aliphatic heterocycles. The number of carbonyl (C=O) groups excluding carboxylic acids is 1. The smallest absolute Gasteiger partial charge is 0.254 e. The standard InChI is InChI=1S/C33H34FN3O4S/c34-29-17-10-18-30(36-33(39)32(38)31(24-11-4-1-5-12-24)25-13-6-2-7-14-25)28(29)20-19-26-23-35-21-22-37(26)42(40,41)27-15-8-3-9-16-27/h1-18,26,31-32,35,38H,19-23H2,(H,36,39)/t26-,32+/m0/s1. The van der Waals surface area contributed by atoms with E-state index in [4.69, 9.17) is 0 Å². The maximum atomic E-state index is 15.2. The van der Waals surface area contributed by atoms with Crippen LogP contribution in [-0.4, -0.2) is 55.5 Å². The van der Waals surface area contributed by atoms with E-state index in [1.54, 1.807) is 36.4 Å². The summed E-state index contributed by atoms with van der Waals surface area (Å²) in [5.41, 5.74) is 2.06. The number of amides is 1. The van der Waals surface area contributed by atoms with E-state index in [1.165, 1.54) is 16.4 Å². The van der Waals surface area contributed by atoms with Crippen LogP contribution >= 0.6 is 0 Å². The summed E-state index contributed by atoms with van der Waals surface area (Å²) in [5.74, 6) is -1.80. The monoisotopic (exact) mass is 587 g/mol. The zero-order chi connectivity index (χ0) is 29.5. The first kappa shape index (κ1) is 29.6. The number of aliphatic hydroxyl groups excluding tert-OH is 1. The molecule has 0 aromatic heterocycles. The van der Waals surface area contributed by atoms with Crippen LogP contribution in [0.3, 0.4) is 0 Å². The Labute approximate surface area is 246 Å². The van der Waals surface area contributed by atoms with Crippen LogP contribution in [0.1, 0.15) is 29.0 Å². The quantitative estimate of drug-likeness (QED) is 0.253. The van der Waals surface area contributed by atoms with E-state index in [0.29, 0.717) is 26.1 Å². The molecular weight excluding hydrogens is 553 g/mol. The third-order valence-corrected chi connectivity index (χ3v) is 9.62. The summed E-state index contributed by atoms with van der Waals surface area (Å²) in [7, 11) is -3.73. The molecule has 0 unspecified atom stereocenters. The van der Waals surface area contributed by atoms with Gasteiger partial charge in [0, 0.05) is 42.8 Å². The first-order valence-electron chi connectivity index (χ1n) is 14.0. The SMILES string of the molecule is O=C(Nc1cccc(F)c1CC[C@H]1CNCCN1S(=O)(=O)c1ccccc1)[C@H](O)C(c1ccccc1)c1ccccc1. The van der Waals surface area contributed by atoms with Gasteiger partial charge in [-0.25, -0.2) is 12.8 Å². The van der Waals surface area contributed by atoms with Crippen molar-refractivity contribution in [2.24, 2.45) is 0 Å². The zero-order valence-corrected chi connectivity index (χ0v) is 23.9. The second kappa shape index (κ2) is 13.4. The number of hydrogen-bond donors (Lipinski definition) is 3. The Morgan fingerprint density at radius 2 is 1.50 bits per heavy atom. The number of aliphatic hydroxyl groups is 1. The number of rotatable bonds is 10. The topological polar surface area (TPSA) is 98.7 Å². The minimum Gasteiger partial charge on any atom is -0.382 e. The predicted molar refractivity (Wildman–Crippen MR) is 161 cm³/mol. The molecule has 0 spiro atoms. The predicted octanol–water partition coefficient (Wildman–Crippen LogP) is 4.55. The van der Waals surface area contributed by atoms with Crippen LogP contribution in [0.2, 0.25) is 0 Å². The molecule has 5 rings (SSSR count). The Kier molecular flexibility index (Phi) is 9.44. The highest BCUT2D eigenvalue weighted by molar-refractivity contribution is 7.89. The Morgan fingerprint density at radius 1 is 0.905 bits per heavy atom. The number of halogens is 1. The lowest BCUT2D eigenvalue weighted by molar-refractivity contribution is -0.124. The lowest BCUT2D eigenvalue weighted by Crippen LogP contribution is -2.53. The molecule has 0 bridgehead atoms. The number of sulfonamides is 1. The van der Waals surface area contributed by atoms with Crippen molar-refractivity contribution in [2.75, 3.05) is 25.0 Å². The van der Waals surface area contributed by atoms with Crippen molar-refractivity contribution >= 4 is 21.6 Å². The average Bonchev–Trinajstić information content (AvgIpc) is 3.02. The summed E-state index contributed by atoms with van der Waals surface area (Å²) >= 11 is 0. The zero-order valence-electron chi connectivity index (χ0n) is 23.1. The summed E-state index contributed by atoms with van der Waals surface area (Å²) in [4.78, 5) is 13.6. The highest BCUT2D eigenvalue weighted by atomic mass is 32.2. The van der Waals surface area contributed by atoms with Gasteiger partial charge in [0.15, 0.2) is 0 Å². The minimum absolute atomic E-state index is 0.187. The molecule has 7 nitrogen and oxygen atoms in total. The van der Waals surface area contributed by atoms with Crippen LogP contribution in [0.4, 0.5) is 10.1 Å². The minimum atomic E-state index is -3.73. The molecule has 3 N–H and O–H groups in total. The molecule has 4 aromatic rings. The van der Waals surface area contributed by atoms with Crippen molar-refractivity contribution in [1.82, 2.24) is 9.62 Å². The third kappa shape index (κ3) is 6.60. The number of carbonyl (C=O) groups is 1. The third-order valence-electron chi connectivity index (χ3n) is 7.65. The van der Waals surface area contributed by atoms with Crippen LogP contribution in [0.5, 0.6) is 0 Å². The lowest BCUT2D eigenvalue weighted by atomic mass is 9.86. The lowest BCUT2D eigenvalue weighted by Gasteiger charge is -2.35. The summed E-state index contributed by atoms with van der Waals surface area (Å²) in [6, 6.07) is 30.8. The van der Waals surface area contributed by atoms with Crippen LogP contribution in [0.25, 0.3) is 0 Å². The van der Waals surface area contributed by atoms with Crippen molar-refractivity contribution in [1.29, 1.82) is 0 Å². The van der Waals surface area contributed by atoms with E-state index < -0.39 is 39.8 Å². The van der Waals surface area contributed by atoms with Crippen LogP contribution in [0, 0.1) is 5.82 Å². The Morgan fingerprint density at radius 3 is 2.12 bits per heavy atom. The van der Waals surface area contributed by atoms with Crippen molar-refractivity contribution in [3.8, 4) is 0 Å². The Balaban J connectivity index is 1.35. The molecule has 1 fully saturated rings. The van der Waals surface area contributed by atoms with Crippen molar-refractivity contribution in [2.45, 2.75) is 35.8 Å². The van der Waals surface area contributed by atoms with Gasteiger partial charge in [0.2, 0.25) is 10.0 Å². The van der Waals surface area contributed by atoms with E-state index in [0.717, 1.165) is 11.1 Å². The first-order chi connectivity index (χ1) is 20.4. The van der Waals surface area contributed by atoms with E-state index >= 15 is 4.39 Å². The maximum absolute atomic E-state index is 15.2. The second-order valence-electron chi connectivity index (χ2n) is 10.3. The fraction of sp³-hybridized carbons (Fsp3) is 0.242. The molecule has 1 amide bonds. The fourth-order valence-electron chi connectivity index (χ4n) is 5.51. The maximum Gasteiger partial charge on any atom is 0.254 e. The molecule has 9 heteroatoms. The van der Waals surface area contributed by atoms with E-state index in [1.807, 2.05) is 60.7 Å². The molecule has 0 radical (unpaired) electrons. The summed E-state index contributed by atoms with van der Waals surface area (Å²) in [6.07, 6.45) is -0.922. The summed E-state index contributed by atoms with van der Waals surface area (Å²) < 4.78 is 43.5. The average molecular weight is 588 g/mol. The van der Waals surface area contributed by atoms with Crippen LogP contribution in [-0.2, 0) is 21.2 Å². The van der Waals surface area contributed by atoms with Crippen LogP contribution < -0.4 is 10.6 Å². The number of nitrogens with one attached hydrogen (secondary N) is 2. The van der Waals surface area contributed by atoms with Crippen molar-refractivity contribution < 1.29 is 22.7 Å². The Hall–Kier alpha value is -3.89. The van der Waals surface area contributed by atoms with Gasteiger partial charge in [-0.3, -0.25) is 4.79 Å². The van der Waals surface area contributed by atoms with E-state index in [2.05, 4.69) is 10.6 Å². The highest BCUT2D eigenvalue weighted by Gasteiger charge is 2.34. The summed E-state index contributed by atoms with van der Waals surface area (Å²) in [5, 5.41) is 17.3. The van der Waals surface area contributed by atoms with E-state index in [-0.39, 0.29) is 22.6 Å². The second-order valence-corrected chi connectivity index (χ2v) is 12.2. The molecule has 2 atom stereocenters. The van der Waals surface area contributed by atoms with Crippen LogP contribution in [0.15, 0.2) is 114 Å². The van der Waals surface area contributed by atoms with Gasteiger partial charge in [-0.1, -0.05) is 84.9 Å². The molecule has 1 aliphatic rings. The molecular formula is C33H34FN3O4S. The molecule has 0 aliphatic carbocycles. The Bertz CT molecular complexity index is 1550. The molecule has 1 saturated heterocycles.